The Morgan fingerprint density at radius 3 is 2.71 bits per heavy atom. The molecule has 1 heterocycles. The van der Waals surface area contributed by atoms with Gasteiger partial charge in [-0.15, -0.1) is 0 Å². The van der Waals surface area contributed by atoms with E-state index in [1.165, 1.54) is 18.4 Å². The molecule has 0 bridgehead atoms. The standard InChI is InChI=1S/C15H20O2/c1-9-5-6-13-14(3,4)17-15(13)8-10(2)12(16)7-11(9)15/h7-9,13H,5-6H2,1-4H3/t9-,13+,15+/m1/s1. The van der Waals surface area contributed by atoms with Crippen LogP contribution in [0, 0.1) is 11.8 Å². The van der Waals surface area contributed by atoms with Gasteiger partial charge in [0.2, 0.25) is 0 Å². The number of allylic oxidation sites excluding steroid dienone is 2. The van der Waals surface area contributed by atoms with E-state index in [9.17, 15) is 4.79 Å². The predicted octanol–water partition coefficient (Wildman–Crippen LogP) is 3.04. The van der Waals surface area contributed by atoms with Gasteiger partial charge in [0.25, 0.3) is 0 Å². The summed E-state index contributed by atoms with van der Waals surface area (Å²) in [5, 5.41) is 0. The largest absolute Gasteiger partial charge is 0.360 e. The summed E-state index contributed by atoms with van der Waals surface area (Å²) in [6, 6.07) is 0. The van der Waals surface area contributed by atoms with Crippen LogP contribution in [0.3, 0.4) is 0 Å². The number of ketones is 1. The smallest absolute Gasteiger partial charge is 0.181 e. The van der Waals surface area contributed by atoms with E-state index in [1.54, 1.807) is 0 Å². The molecule has 1 spiro atoms. The van der Waals surface area contributed by atoms with E-state index in [4.69, 9.17) is 4.74 Å². The number of hydrogen-bond acceptors (Lipinski definition) is 2. The first kappa shape index (κ1) is 11.2. The van der Waals surface area contributed by atoms with Crippen molar-refractivity contribution in [1.82, 2.24) is 0 Å². The van der Waals surface area contributed by atoms with Gasteiger partial charge in [0.1, 0.15) is 5.60 Å². The van der Waals surface area contributed by atoms with Crippen molar-refractivity contribution >= 4 is 5.78 Å². The Balaban J connectivity index is 2.09. The third-order valence-corrected chi connectivity index (χ3v) is 4.77. The zero-order valence-electron chi connectivity index (χ0n) is 11.0. The summed E-state index contributed by atoms with van der Waals surface area (Å²) in [4.78, 5) is 11.8. The Kier molecular flexibility index (Phi) is 2.05. The molecule has 2 fully saturated rings. The van der Waals surface area contributed by atoms with Crippen molar-refractivity contribution in [2.45, 2.75) is 51.7 Å². The molecule has 0 N–H and O–H groups in total. The van der Waals surface area contributed by atoms with Crippen molar-refractivity contribution in [1.29, 1.82) is 0 Å². The van der Waals surface area contributed by atoms with Gasteiger partial charge in [-0.2, -0.15) is 0 Å². The van der Waals surface area contributed by atoms with Crippen molar-refractivity contribution in [3.8, 4) is 0 Å². The lowest BCUT2D eigenvalue weighted by atomic mass is 9.56. The maximum atomic E-state index is 11.8. The Hall–Kier alpha value is -0.890. The molecule has 0 aromatic rings. The number of carbonyl (C=O) groups excluding carboxylic acids is 1. The monoisotopic (exact) mass is 232 g/mol. The van der Waals surface area contributed by atoms with Crippen LogP contribution in [-0.2, 0) is 9.53 Å². The zero-order valence-corrected chi connectivity index (χ0v) is 11.0. The number of hydrogen-bond donors (Lipinski definition) is 0. The fourth-order valence-corrected chi connectivity index (χ4v) is 3.93. The topological polar surface area (TPSA) is 26.3 Å². The van der Waals surface area contributed by atoms with Crippen LogP contribution in [0.4, 0.5) is 0 Å². The van der Waals surface area contributed by atoms with Crippen LogP contribution in [0.15, 0.2) is 23.3 Å². The van der Waals surface area contributed by atoms with Crippen molar-refractivity contribution in [3.63, 3.8) is 0 Å². The molecule has 2 aliphatic carbocycles. The molecule has 1 saturated carbocycles. The molecule has 92 valence electrons. The van der Waals surface area contributed by atoms with Gasteiger partial charge in [0.05, 0.1) is 5.60 Å². The average Bonchev–Trinajstić information content (AvgIpc) is 2.20. The van der Waals surface area contributed by atoms with E-state index in [0.717, 1.165) is 5.57 Å². The summed E-state index contributed by atoms with van der Waals surface area (Å²) in [6.45, 7) is 8.43. The van der Waals surface area contributed by atoms with Crippen molar-refractivity contribution in [3.05, 3.63) is 23.3 Å². The fourth-order valence-electron chi connectivity index (χ4n) is 3.93. The third kappa shape index (κ3) is 1.28. The highest BCUT2D eigenvalue weighted by molar-refractivity contribution is 6.05. The Labute approximate surface area is 103 Å². The molecule has 0 unspecified atom stereocenters. The van der Waals surface area contributed by atoms with Gasteiger partial charge < -0.3 is 4.74 Å². The molecule has 3 aliphatic rings. The molecule has 0 aromatic heterocycles. The SMILES string of the molecule is CC1=C[C@@]23OC(C)(C)[C@@H]2CC[C@@H](C)C3=CC1=O. The lowest BCUT2D eigenvalue weighted by molar-refractivity contribution is -0.282. The second-order valence-electron chi connectivity index (χ2n) is 6.32. The summed E-state index contributed by atoms with van der Waals surface area (Å²) < 4.78 is 6.21. The van der Waals surface area contributed by atoms with Gasteiger partial charge >= 0.3 is 0 Å². The number of carbonyl (C=O) groups is 1. The van der Waals surface area contributed by atoms with Crippen LogP contribution >= 0.6 is 0 Å². The molecule has 0 aromatic carbocycles. The molecule has 0 amide bonds. The lowest BCUT2D eigenvalue weighted by Gasteiger charge is -2.64. The summed E-state index contributed by atoms with van der Waals surface area (Å²) in [5.74, 6) is 1.16. The normalized spacial score (nSPS) is 42.9. The van der Waals surface area contributed by atoms with Gasteiger partial charge in [-0.1, -0.05) is 6.92 Å². The van der Waals surface area contributed by atoms with Gasteiger partial charge in [-0.3, -0.25) is 4.79 Å². The first-order chi connectivity index (χ1) is 7.87. The van der Waals surface area contributed by atoms with Gasteiger partial charge in [0, 0.05) is 5.92 Å². The molecule has 17 heavy (non-hydrogen) atoms. The molecule has 1 saturated heterocycles. The summed E-state index contributed by atoms with van der Waals surface area (Å²) in [5.41, 5.74) is 1.75. The second-order valence-corrected chi connectivity index (χ2v) is 6.32. The lowest BCUT2D eigenvalue weighted by Crippen LogP contribution is -2.68. The predicted molar refractivity (Wildman–Crippen MR) is 66.6 cm³/mol. The molecular weight excluding hydrogens is 212 g/mol. The Morgan fingerprint density at radius 2 is 2.06 bits per heavy atom. The minimum Gasteiger partial charge on any atom is -0.360 e. The minimum atomic E-state index is -0.251. The molecule has 3 rings (SSSR count). The summed E-state index contributed by atoms with van der Waals surface area (Å²) >= 11 is 0. The average molecular weight is 232 g/mol. The van der Waals surface area contributed by atoms with E-state index < -0.39 is 0 Å². The highest BCUT2D eigenvalue weighted by atomic mass is 16.6. The highest BCUT2D eigenvalue weighted by Gasteiger charge is 2.63. The van der Waals surface area contributed by atoms with Crippen LogP contribution in [0.25, 0.3) is 0 Å². The van der Waals surface area contributed by atoms with Crippen LogP contribution in [0.2, 0.25) is 0 Å². The summed E-state index contributed by atoms with van der Waals surface area (Å²) in [7, 11) is 0. The molecule has 1 aliphatic heterocycles. The van der Waals surface area contributed by atoms with Crippen molar-refractivity contribution in [2.75, 3.05) is 0 Å². The van der Waals surface area contributed by atoms with E-state index in [-0.39, 0.29) is 17.0 Å². The van der Waals surface area contributed by atoms with Crippen LogP contribution in [0.5, 0.6) is 0 Å². The first-order valence-electron chi connectivity index (χ1n) is 6.53. The molecule has 2 nitrogen and oxygen atoms in total. The number of rotatable bonds is 0. The maximum Gasteiger partial charge on any atom is 0.181 e. The van der Waals surface area contributed by atoms with E-state index >= 15 is 0 Å². The first-order valence-corrected chi connectivity index (χ1v) is 6.53. The van der Waals surface area contributed by atoms with Crippen molar-refractivity contribution < 1.29 is 9.53 Å². The number of ether oxygens (including phenoxy) is 1. The Bertz CT molecular complexity index is 456. The van der Waals surface area contributed by atoms with Gasteiger partial charge in [0.15, 0.2) is 5.78 Å². The quantitative estimate of drug-likeness (QED) is 0.641. The van der Waals surface area contributed by atoms with E-state index in [2.05, 4.69) is 26.8 Å². The summed E-state index contributed by atoms with van der Waals surface area (Å²) in [6.07, 6.45) is 6.28. The fraction of sp³-hybridized carbons (Fsp3) is 0.667. The highest BCUT2D eigenvalue weighted by Crippen LogP contribution is 2.60. The molecular formula is C15H20O2. The molecule has 3 atom stereocenters. The third-order valence-electron chi connectivity index (χ3n) is 4.77. The van der Waals surface area contributed by atoms with Crippen molar-refractivity contribution in [2.24, 2.45) is 11.8 Å². The minimum absolute atomic E-state index is 0.0452. The Morgan fingerprint density at radius 1 is 1.35 bits per heavy atom. The molecule has 2 heteroatoms. The second kappa shape index (κ2) is 3.11. The van der Waals surface area contributed by atoms with Crippen LogP contribution in [-0.4, -0.2) is 17.0 Å². The van der Waals surface area contributed by atoms with E-state index in [0.29, 0.717) is 11.8 Å². The maximum absolute atomic E-state index is 11.8. The van der Waals surface area contributed by atoms with Gasteiger partial charge in [-0.25, -0.2) is 0 Å². The van der Waals surface area contributed by atoms with Crippen LogP contribution in [0.1, 0.15) is 40.5 Å². The van der Waals surface area contributed by atoms with Crippen LogP contribution < -0.4 is 0 Å². The van der Waals surface area contributed by atoms with E-state index in [1.807, 2.05) is 13.0 Å². The molecule has 0 radical (unpaired) electrons. The zero-order chi connectivity index (χ0) is 12.4. The van der Waals surface area contributed by atoms with Gasteiger partial charge in [-0.05, 0) is 62.8 Å².